The Bertz CT molecular complexity index is 772. The van der Waals surface area contributed by atoms with Crippen molar-refractivity contribution in [3.63, 3.8) is 0 Å². The number of aromatic nitrogens is 4. The number of hydrogen-bond donors (Lipinski definition) is 1. The van der Waals surface area contributed by atoms with Crippen molar-refractivity contribution in [1.82, 2.24) is 24.2 Å². The Labute approximate surface area is 119 Å². The summed E-state index contributed by atoms with van der Waals surface area (Å²) in [5.74, 6) is -0.0134. The van der Waals surface area contributed by atoms with Gasteiger partial charge in [-0.3, -0.25) is 19.3 Å². The second-order valence-corrected chi connectivity index (χ2v) is 4.91. The van der Waals surface area contributed by atoms with Crippen LogP contribution in [0.25, 0.3) is 0 Å². The molecule has 0 aliphatic carbocycles. The van der Waals surface area contributed by atoms with Crippen LogP contribution in [0.2, 0.25) is 0 Å². The van der Waals surface area contributed by atoms with E-state index in [-0.39, 0.29) is 18.9 Å². The van der Waals surface area contributed by atoms with Crippen LogP contribution in [-0.2, 0) is 24.4 Å². The number of carbonyl (C=O) groups excluding carboxylic acids is 1. The van der Waals surface area contributed by atoms with Crippen LogP contribution in [0.1, 0.15) is 12.1 Å². The van der Waals surface area contributed by atoms with Crippen LogP contribution in [0.4, 0.5) is 0 Å². The number of nitrogens with zero attached hydrogens (tertiary/aromatic N) is 4. The fraction of sp³-hybridized carbons (Fsp3) is 0.385. The van der Waals surface area contributed by atoms with Crippen LogP contribution in [0.15, 0.2) is 34.1 Å². The molecule has 0 fully saturated rings. The van der Waals surface area contributed by atoms with Gasteiger partial charge in [-0.15, -0.1) is 0 Å². The largest absolute Gasteiger partial charge is 0.335 e. The highest BCUT2D eigenvalue weighted by Crippen LogP contribution is 2.12. The van der Waals surface area contributed by atoms with Crippen LogP contribution in [0, 0.1) is 0 Å². The highest BCUT2D eigenvalue weighted by molar-refractivity contribution is 5.76. The Morgan fingerprint density at radius 1 is 1.29 bits per heavy atom. The Kier molecular flexibility index (Phi) is 3.43. The molecule has 21 heavy (non-hydrogen) atoms. The maximum Gasteiger partial charge on any atom is 0.328 e. The molecule has 1 aliphatic rings. The number of hydrogen-bond acceptors (Lipinski definition) is 4. The van der Waals surface area contributed by atoms with Gasteiger partial charge in [-0.1, -0.05) is 0 Å². The molecule has 0 radical (unpaired) electrons. The zero-order valence-electron chi connectivity index (χ0n) is 11.4. The first kappa shape index (κ1) is 13.3. The molecule has 0 unspecified atom stereocenters. The first-order valence-corrected chi connectivity index (χ1v) is 6.72. The number of fused-ring (bicyclic) bond motifs is 1. The topological polar surface area (TPSA) is 93.0 Å². The lowest BCUT2D eigenvalue weighted by atomic mass is 10.2. The lowest BCUT2D eigenvalue weighted by Gasteiger charge is -2.27. The molecule has 3 heterocycles. The summed E-state index contributed by atoms with van der Waals surface area (Å²) in [6.07, 6.45) is 3.35. The van der Waals surface area contributed by atoms with Crippen molar-refractivity contribution in [2.45, 2.75) is 26.1 Å². The number of nitrogens with one attached hydrogen (secondary N) is 1. The number of aromatic amines is 1. The third kappa shape index (κ3) is 2.78. The lowest BCUT2D eigenvalue weighted by Crippen LogP contribution is -2.39. The third-order valence-electron chi connectivity index (χ3n) is 3.56. The smallest absolute Gasteiger partial charge is 0.328 e. The van der Waals surface area contributed by atoms with Crippen molar-refractivity contribution in [2.24, 2.45) is 0 Å². The van der Waals surface area contributed by atoms with E-state index in [1.165, 1.54) is 16.8 Å². The minimum atomic E-state index is -0.493. The van der Waals surface area contributed by atoms with Gasteiger partial charge in [-0.25, -0.2) is 4.79 Å². The molecule has 0 atom stereocenters. The fourth-order valence-electron chi connectivity index (χ4n) is 2.39. The molecule has 8 nitrogen and oxygen atoms in total. The molecule has 1 amide bonds. The maximum absolute atomic E-state index is 12.2. The second-order valence-electron chi connectivity index (χ2n) is 4.91. The van der Waals surface area contributed by atoms with Gasteiger partial charge in [0.15, 0.2) is 0 Å². The number of carbonyl (C=O) groups is 1. The Hall–Kier alpha value is -2.64. The SMILES string of the molecule is O=C(CCn1ccc(=O)[nH]c1=O)N1CCn2nccc2C1. The van der Waals surface area contributed by atoms with E-state index < -0.39 is 11.2 Å². The standard InChI is InChI=1S/C13H15N5O3/c19-11-2-5-16(13(21)15-11)6-3-12(20)17-7-8-18-10(9-17)1-4-14-18/h1-2,4-5H,3,6-9H2,(H,15,19,21). The van der Waals surface area contributed by atoms with Crippen LogP contribution in [0.5, 0.6) is 0 Å². The first-order valence-electron chi connectivity index (χ1n) is 6.72. The molecule has 1 N–H and O–H groups in total. The van der Waals surface area contributed by atoms with Gasteiger partial charge >= 0.3 is 5.69 Å². The Morgan fingerprint density at radius 3 is 2.95 bits per heavy atom. The summed E-state index contributed by atoms with van der Waals surface area (Å²) in [4.78, 5) is 38.6. The van der Waals surface area contributed by atoms with Crippen LogP contribution >= 0.6 is 0 Å². The second kappa shape index (κ2) is 5.39. The van der Waals surface area contributed by atoms with Gasteiger partial charge in [-0.05, 0) is 6.07 Å². The summed E-state index contributed by atoms with van der Waals surface area (Å²) in [6, 6.07) is 3.16. The summed E-state index contributed by atoms with van der Waals surface area (Å²) >= 11 is 0. The van der Waals surface area contributed by atoms with Crippen molar-refractivity contribution >= 4 is 5.91 Å². The molecule has 0 saturated heterocycles. The Morgan fingerprint density at radius 2 is 2.14 bits per heavy atom. The summed E-state index contributed by atoms with van der Waals surface area (Å²) in [5.41, 5.74) is 0.0784. The van der Waals surface area contributed by atoms with Crippen LogP contribution in [0.3, 0.4) is 0 Å². The molecule has 1 aliphatic heterocycles. The van der Waals surface area contributed by atoms with E-state index in [1.807, 2.05) is 10.7 Å². The Balaban J connectivity index is 1.62. The predicted molar refractivity (Wildman–Crippen MR) is 73.6 cm³/mol. The molecular weight excluding hydrogens is 274 g/mol. The third-order valence-corrected chi connectivity index (χ3v) is 3.56. The van der Waals surface area contributed by atoms with Gasteiger partial charge in [0.2, 0.25) is 5.91 Å². The van der Waals surface area contributed by atoms with Crippen LogP contribution in [-0.4, -0.2) is 36.7 Å². The van der Waals surface area contributed by atoms with E-state index in [0.29, 0.717) is 19.6 Å². The molecule has 0 spiro atoms. The molecule has 0 saturated carbocycles. The van der Waals surface area contributed by atoms with Gasteiger partial charge in [0.1, 0.15) is 0 Å². The lowest BCUT2D eigenvalue weighted by molar-refractivity contribution is -0.133. The summed E-state index contributed by atoms with van der Waals surface area (Å²) in [6.45, 7) is 2.10. The molecule has 2 aromatic rings. The van der Waals surface area contributed by atoms with Gasteiger partial charge in [0, 0.05) is 38.0 Å². The molecular formula is C13H15N5O3. The van der Waals surface area contributed by atoms with Crippen molar-refractivity contribution in [1.29, 1.82) is 0 Å². The zero-order chi connectivity index (χ0) is 14.8. The zero-order valence-corrected chi connectivity index (χ0v) is 11.4. The van der Waals surface area contributed by atoms with Crippen molar-refractivity contribution in [3.05, 3.63) is 51.1 Å². The average Bonchev–Trinajstić information content (AvgIpc) is 2.93. The van der Waals surface area contributed by atoms with Gasteiger partial charge in [0.25, 0.3) is 5.56 Å². The van der Waals surface area contributed by atoms with E-state index >= 15 is 0 Å². The first-order chi connectivity index (χ1) is 10.1. The summed E-state index contributed by atoms with van der Waals surface area (Å²) in [5, 5.41) is 4.16. The van der Waals surface area contributed by atoms with Crippen LogP contribution < -0.4 is 11.2 Å². The predicted octanol–water partition coefficient (Wildman–Crippen LogP) is -0.834. The van der Waals surface area contributed by atoms with E-state index in [2.05, 4.69) is 10.1 Å². The average molecular weight is 289 g/mol. The number of amides is 1. The molecule has 2 aromatic heterocycles. The molecule has 3 rings (SSSR count). The van der Waals surface area contributed by atoms with Gasteiger partial charge < -0.3 is 9.47 Å². The van der Waals surface area contributed by atoms with E-state index in [1.54, 1.807) is 11.1 Å². The highest BCUT2D eigenvalue weighted by Gasteiger charge is 2.20. The van der Waals surface area contributed by atoms with Crippen molar-refractivity contribution in [2.75, 3.05) is 6.54 Å². The van der Waals surface area contributed by atoms with E-state index in [9.17, 15) is 14.4 Å². The number of H-pyrrole nitrogens is 1. The van der Waals surface area contributed by atoms with Gasteiger partial charge in [-0.2, -0.15) is 5.10 Å². The highest BCUT2D eigenvalue weighted by atomic mass is 16.2. The molecule has 110 valence electrons. The summed E-state index contributed by atoms with van der Waals surface area (Å²) < 4.78 is 3.21. The van der Waals surface area contributed by atoms with E-state index in [0.717, 1.165) is 5.69 Å². The van der Waals surface area contributed by atoms with Crippen molar-refractivity contribution < 1.29 is 4.79 Å². The number of aryl methyl sites for hydroxylation is 1. The molecule has 0 bridgehead atoms. The quantitative estimate of drug-likeness (QED) is 0.798. The van der Waals surface area contributed by atoms with Gasteiger partial charge in [0.05, 0.1) is 18.8 Å². The number of rotatable bonds is 3. The van der Waals surface area contributed by atoms with E-state index in [4.69, 9.17) is 0 Å². The molecule has 0 aromatic carbocycles. The minimum absolute atomic E-state index is 0.0134. The normalized spacial score (nSPS) is 14.0. The monoisotopic (exact) mass is 289 g/mol. The minimum Gasteiger partial charge on any atom is -0.335 e. The maximum atomic E-state index is 12.2. The fourth-order valence-corrected chi connectivity index (χ4v) is 2.39. The summed E-state index contributed by atoms with van der Waals surface area (Å²) in [7, 11) is 0. The van der Waals surface area contributed by atoms with Crippen molar-refractivity contribution in [3.8, 4) is 0 Å². The molecule has 8 heteroatoms.